The molecule has 0 unspecified atom stereocenters. The lowest BCUT2D eigenvalue weighted by Crippen LogP contribution is -2.36. The first kappa shape index (κ1) is 21.0. The zero-order valence-electron chi connectivity index (χ0n) is 13.0. The van der Waals surface area contributed by atoms with Crippen LogP contribution in [0.25, 0.3) is 0 Å². The van der Waals surface area contributed by atoms with Crippen LogP contribution < -0.4 is 15.4 Å². The normalized spacial score (nSPS) is 10.5. The van der Waals surface area contributed by atoms with Gasteiger partial charge in [0.05, 0.1) is 12.8 Å². The Balaban J connectivity index is 2.30. The van der Waals surface area contributed by atoms with Crippen molar-refractivity contribution >= 4 is 44.9 Å². The van der Waals surface area contributed by atoms with E-state index in [1.165, 1.54) is 0 Å². The number of methoxy groups -OCH3 is 1. The first-order valence-corrected chi connectivity index (χ1v) is 7.95. The Kier molecular flexibility index (Phi) is 6.31. The lowest BCUT2D eigenvalue weighted by molar-refractivity contribution is 0.0966. The predicted molar refractivity (Wildman–Crippen MR) is 90.6 cm³/mol. The predicted octanol–water partition coefficient (Wildman–Crippen LogP) is 4.42. The molecule has 0 aromatic heterocycles. The second-order valence-electron chi connectivity index (χ2n) is 4.82. The number of nitrogens with one attached hydrogen (secondary N) is 2. The summed E-state index contributed by atoms with van der Waals surface area (Å²) < 4.78 is 85.9. The third-order valence-corrected chi connectivity index (χ3v) is 3.96. The van der Waals surface area contributed by atoms with Gasteiger partial charge in [0.1, 0.15) is 11.4 Å². The number of rotatable bonds is 3. The maximum absolute atomic E-state index is 13.9. The third-order valence-electron chi connectivity index (χ3n) is 3.13. The van der Waals surface area contributed by atoms with Crippen molar-refractivity contribution in [3.05, 3.63) is 57.1 Å². The van der Waals surface area contributed by atoms with Gasteiger partial charge in [-0.3, -0.25) is 10.1 Å². The molecule has 0 aliphatic heterocycles. The molecule has 4 nitrogen and oxygen atoms in total. The lowest BCUT2D eigenvalue weighted by Gasteiger charge is -2.14. The molecule has 0 spiro atoms. The van der Waals surface area contributed by atoms with E-state index in [0.717, 1.165) is 13.2 Å². The van der Waals surface area contributed by atoms with Crippen LogP contribution in [-0.4, -0.2) is 18.1 Å². The van der Waals surface area contributed by atoms with Gasteiger partial charge in [0.15, 0.2) is 28.3 Å². The molecule has 0 heterocycles. The van der Waals surface area contributed by atoms with Crippen molar-refractivity contribution in [1.29, 1.82) is 0 Å². The zero-order chi connectivity index (χ0) is 20.5. The van der Waals surface area contributed by atoms with E-state index in [-0.39, 0.29) is 4.47 Å². The molecule has 0 aliphatic carbocycles. The van der Waals surface area contributed by atoms with Crippen LogP contribution in [0.1, 0.15) is 10.4 Å². The van der Waals surface area contributed by atoms with E-state index in [2.05, 4.69) is 38.2 Å². The number of amides is 1. The summed E-state index contributed by atoms with van der Waals surface area (Å²) in [5.74, 6) is -12.9. The Morgan fingerprint density at radius 2 is 1.59 bits per heavy atom. The Bertz CT molecular complexity index is 904. The number of thiocarbonyl (C=S) groups is 1. The number of halogens is 7. The SMILES string of the molecule is COc1c(F)c(F)c(C(=O)NC(=S)Nc2c(F)cc(F)cc2Br)c(F)c1F. The first-order chi connectivity index (χ1) is 12.6. The van der Waals surface area contributed by atoms with Gasteiger partial charge in [-0.25, -0.2) is 17.6 Å². The van der Waals surface area contributed by atoms with Crippen LogP contribution >= 0.6 is 28.1 Å². The quantitative estimate of drug-likeness (QED) is 0.394. The minimum Gasteiger partial charge on any atom is -0.491 e. The number of carbonyl (C=O) groups is 1. The second-order valence-corrected chi connectivity index (χ2v) is 6.08. The Morgan fingerprint density at radius 3 is 2.07 bits per heavy atom. The van der Waals surface area contributed by atoms with Crippen molar-refractivity contribution in [2.75, 3.05) is 12.4 Å². The van der Waals surface area contributed by atoms with Gasteiger partial charge in [0, 0.05) is 10.5 Å². The highest BCUT2D eigenvalue weighted by Gasteiger charge is 2.30. The van der Waals surface area contributed by atoms with Gasteiger partial charge in [-0.1, -0.05) is 0 Å². The van der Waals surface area contributed by atoms with Crippen molar-refractivity contribution in [1.82, 2.24) is 5.32 Å². The van der Waals surface area contributed by atoms with Gasteiger partial charge in [-0.2, -0.15) is 8.78 Å². The van der Waals surface area contributed by atoms with Crippen molar-refractivity contribution in [3.8, 4) is 5.75 Å². The molecule has 0 saturated heterocycles. The molecule has 0 saturated carbocycles. The van der Waals surface area contributed by atoms with Crippen LogP contribution in [0.15, 0.2) is 16.6 Å². The van der Waals surface area contributed by atoms with Crippen LogP contribution in [0.4, 0.5) is 32.0 Å². The Labute approximate surface area is 161 Å². The van der Waals surface area contributed by atoms with E-state index in [1.807, 2.05) is 0 Å². The summed E-state index contributed by atoms with van der Waals surface area (Å²) in [6, 6.07) is 1.38. The lowest BCUT2D eigenvalue weighted by atomic mass is 10.1. The number of hydrogen-bond donors (Lipinski definition) is 2. The number of hydrogen-bond acceptors (Lipinski definition) is 3. The summed E-state index contributed by atoms with van der Waals surface area (Å²) >= 11 is 7.53. The molecular formula is C15H7BrF6N2O2S. The maximum atomic E-state index is 13.9. The zero-order valence-corrected chi connectivity index (χ0v) is 15.4. The molecule has 0 radical (unpaired) electrons. The molecule has 27 heavy (non-hydrogen) atoms. The molecule has 12 heteroatoms. The smallest absolute Gasteiger partial charge is 0.263 e. The minimum absolute atomic E-state index is 0.115. The van der Waals surface area contributed by atoms with Crippen LogP contribution in [0.5, 0.6) is 5.75 Å². The molecule has 2 rings (SSSR count). The summed E-state index contributed by atoms with van der Waals surface area (Å²) in [7, 11) is 0.772. The van der Waals surface area contributed by atoms with Crippen molar-refractivity contribution in [2.45, 2.75) is 0 Å². The maximum Gasteiger partial charge on any atom is 0.263 e. The molecule has 0 aliphatic rings. The molecular weight excluding hydrogens is 466 g/mol. The summed E-state index contributed by atoms with van der Waals surface area (Å²) in [6.45, 7) is 0. The molecule has 0 atom stereocenters. The van der Waals surface area contributed by atoms with E-state index in [0.29, 0.717) is 6.07 Å². The summed E-state index contributed by atoms with van der Waals surface area (Å²) in [6.07, 6.45) is 0. The van der Waals surface area contributed by atoms with Gasteiger partial charge in [-0.05, 0) is 34.2 Å². The fourth-order valence-electron chi connectivity index (χ4n) is 1.96. The topological polar surface area (TPSA) is 50.4 Å². The fourth-order valence-corrected chi connectivity index (χ4v) is 2.66. The highest BCUT2D eigenvalue weighted by Crippen LogP contribution is 2.30. The van der Waals surface area contributed by atoms with Gasteiger partial charge < -0.3 is 10.1 Å². The van der Waals surface area contributed by atoms with E-state index in [4.69, 9.17) is 0 Å². The van der Waals surface area contributed by atoms with Crippen molar-refractivity contribution < 1.29 is 35.9 Å². The molecule has 2 aromatic rings. The van der Waals surface area contributed by atoms with E-state index in [1.54, 1.807) is 5.32 Å². The van der Waals surface area contributed by atoms with Gasteiger partial charge in [0.2, 0.25) is 11.6 Å². The minimum atomic E-state index is -2.01. The number of ether oxygens (including phenoxy) is 1. The van der Waals surface area contributed by atoms with Gasteiger partial charge in [0.25, 0.3) is 5.91 Å². The average molecular weight is 473 g/mol. The van der Waals surface area contributed by atoms with E-state index < -0.39 is 62.9 Å². The van der Waals surface area contributed by atoms with Gasteiger partial charge >= 0.3 is 0 Å². The average Bonchev–Trinajstić information content (AvgIpc) is 2.57. The van der Waals surface area contributed by atoms with Crippen molar-refractivity contribution in [2.24, 2.45) is 0 Å². The van der Waals surface area contributed by atoms with Crippen molar-refractivity contribution in [3.63, 3.8) is 0 Å². The number of anilines is 1. The molecule has 2 N–H and O–H groups in total. The number of benzene rings is 2. The van der Waals surface area contributed by atoms with E-state index >= 15 is 0 Å². The van der Waals surface area contributed by atoms with Crippen LogP contribution in [0.3, 0.4) is 0 Å². The highest BCUT2D eigenvalue weighted by molar-refractivity contribution is 9.10. The van der Waals surface area contributed by atoms with Crippen LogP contribution in [0.2, 0.25) is 0 Å². The fraction of sp³-hybridized carbons (Fsp3) is 0.0667. The van der Waals surface area contributed by atoms with Crippen LogP contribution in [-0.2, 0) is 0 Å². The second kappa shape index (κ2) is 8.13. The molecule has 1 amide bonds. The molecule has 2 aromatic carbocycles. The standard InChI is InChI=1S/C15H7BrF6N2O2S/c1-26-13-10(21)8(19)7(9(20)11(13)22)14(25)24-15(27)23-12-5(16)2-4(17)3-6(12)18/h2-3H,1H3,(H2,23,24,25,27). The van der Waals surface area contributed by atoms with Crippen LogP contribution in [0, 0.1) is 34.9 Å². The monoisotopic (exact) mass is 472 g/mol. The first-order valence-electron chi connectivity index (χ1n) is 6.75. The molecule has 144 valence electrons. The third kappa shape index (κ3) is 4.16. The highest BCUT2D eigenvalue weighted by atomic mass is 79.9. The summed E-state index contributed by atoms with van der Waals surface area (Å²) in [4.78, 5) is 12.0. The molecule has 0 fully saturated rings. The van der Waals surface area contributed by atoms with E-state index in [9.17, 15) is 31.1 Å². The van der Waals surface area contributed by atoms with Gasteiger partial charge in [-0.15, -0.1) is 0 Å². The Hall–Kier alpha value is -2.34. The number of carbonyl (C=O) groups excluding carboxylic acids is 1. The molecule has 0 bridgehead atoms. The largest absolute Gasteiger partial charge is 0.491 e. The Morgan fingerprint density at radius 1 is 1.04 bits per heavy atom. The summed E-state index contributed by atoms with van der Waals surface area (Å²) in [5.41, 5.74) is -2.00. The summed E-state index contributed by atoms with van der Waals surface area (Å²) in [5, 5.41) is 3.21.